The minimum atomic E-state index is 0.748. The van der Waals surface area contributed by atoms with Gasteiger partial charge >= 0.3 is 0 Å². The number of hydrogen-bond donors (Lipinski definition) is 0. The van der Waals surface area contributed by atoms with Crippen LogP contribution in [0.5, 0.6) is 0 Å². The Morgan fingerprint density at radius 2 is 1.94 bits per heavy atom. The topological polar surface area (TPSA) is 41.9 Å². The van der Waals surface area contributed by atoms with E-state index in [0.717, 1.165) is 29.3 Å². The maximum absolute atomic E-state index is 4.32. The summed E-state index contributed by atoms with van der Waals surface area (Å²) in [6.45, 7) is 4.78. The summed E-state index contributed by atoms with van der Waals surface area (Å²) in [5.41, 5.74) is 3.17. The van der Waals surface area contributed by atoms with E-state index < -0.39 is 0 Å². The van der Waals surface area contributed by atoms with E-state index in [1.807, 2.05) is 39.1 Å². The quantitative estimate of drug-likeness (QED) is 0.807. The van der Waals surface area contributed by atoms with Crippen LogP contribution in [0.25, 0.3) is 0 Å². The first-order chi connectivity index (χ1) is 8.18. The molecule has 0 saturated carbocycles. The van der Waals surface area contributed by atoms with E-state index in [1.54, 1.807) is 12.5 Å². The summed E-state index contributed by atoms with van der Waals surface area (Å²) in [6.07, 6.45) is 3.41. The lowest BCUT2D eigenvalue weighted by atomic mass is 10.2. The molecule has 2 rings (SSSR count). The van der Waals surface area contributed by atoms with Crippen LogP contribution < -0.4 is 4.90 Å². The van der Waals surface area contributed by atoms with Crippen LogP contribution in [0.4, 0.5) is 5.82 Å². The predicted molar refractivity (Wildman–Crippen MR) is 67.9 cm³/mol. The van der Waals surface area contributed by atoms with Gasteiger partial charge in [-0.3, -0.25) is 4.98 Å². The van der Waals surface area contributed by atoms with Crippen LogP contribution >= 0.6 is 0 Å². The number of aryl methyl sites for hydroxylation is 1. The fourth-order valence-electron chi connectivity index (χ4n) is 1.72. The highest BCUT2D eigenvalue weighted by Crippen LogP contribution is 2.18. The van der Waals surface area contributed by atoms with E-state index in [-0.39, 0.29) is 0 Å². The van der Waals surface area contributed by atoms with E-state index in [2.05, 4.69) is 19.9 Å². The summed E-state index contributed by atoms with van der Waals surface area (Å²) < 4.78 is 0. The van der Waals surface area contributed by atoms with Crippen molar-refractivity contribution >= 4 is 5.82 Å². The molecular formula is C13H16N4. The molecule has 4 nitrogen and oxygen atoms in total. The molecule has 2 aromatic rings. The molecule has 0 aliphatic carbocycles. The molecule has 0 amide bonds. The fraction of sp³-hybridized carbons (Fsp3) is 0.308. The van der Waals surface area contributed by atoms with Gasteiger partial charge in [-0.05, 0) is 26.0 Å². The Morgan fingerprint density at radius 1 is 1.12 bits per heavy atom. The molecule has 2 heterocycles. The molecule has 4 heteroatoms. The lowest BCUT2D eigenvalue weighted by Gasteiger charge is -2.20. The van der Waals surface area contributed by atoms with Gasteiger partial charge in [-0.15, -0.1) is 0 Å². The zero-order chi connectivity index (χ0) is 12.3. The molecule has 0 atom stereocenters. The molecule has 0 radical (unpaired) electrons. The average molecular weight is 228 g/mol. The van der Waals surface area contributed by atoms with E-state index in [4.69, 9.17) is 0 Å². The lowest BCUT2D eigenvalue weighted by molar-refractivity contribution is 0.849. The van der Waals surface area contributed by atoms with Gasteiger partial charge in [0.2, 0.25) is 0 Å². The Morgan fingerprint density at radius 3 is 2.65 bits per heavy atom. The third-order valence-electron chi connectivity index (χ3n) is 2.80. The van der Waals surface area contributed by atoms with E-state index in [0.29, 0.717) is 0 Å². The van der Waals surface area contributed by atoms with Crippen molar-refractivity contribution in [3.63, 3.8) is 0 Å². The summed E-state index contributed by atoms with van der Waals surface area (Å²) in [4.78, 5) is 14.9. The number of nitrogens with zero attached hydrogens (tertiary/aromatic N) is 4. The van der Waals surface area contributed by atoms with Crippen molar-refractivity contribution in [2.75, 3.05) is 11.9 Å². The molecule has 0 bridgehead atoms. The molecule has 0 aliphatic heterocycles. The number of aromatic nitrogens is 3. The van der Waals surface area contributed by atoms with Crippen LogP contribution in [0.3, 0.4) is 0 Å². The summed E-state index contributed by atoms with van der Waals surface area (Å²) in [5.74, 6) is 0.961. The number of hydrogen-bond acceptors (Lipinski definition) is 4. The van der Waals surface area contributed by atoms with Gasteiger partial charge in [-0.1, -0.05) is 6.07 Å². The van der Waals surface area contributed by atoms with Gasteiger partial charge in [0.25, 0.3) is 0 Å². The smallest absolute Gasteiger partial charge is 0.135 e. The van der Waals surface area contributed by atoms with Crippen LogP contribution in [0.2, 0.25) is 0 Å². The minimum Gasteiger partial charge on any atom is -0.353 e. The van der Waals surface area contributed by atoms with E-state index in [1.165, 1.54) is 0 Å². The van der Waals surface area contributed by atoms with Gasteiger partial charge in [0.05, 0.1) is 12.2 Å². The highest BCUT2D eigenvalue weighted by Gasteiger charge is 2.09. The van der Waals surface area contributed by atoms with Gasteiger partial charge in [0.15, 0.2) is 0 Å². The zero-order valence-electron chi connectivity index (χ0n) is 10.4. The van der Waals surface area contributed by atoms with Crippen molar-refractivity contribution in [1.29, 1.82) is 0 Å². The van der Waals surface area contributed by atoms with Gasteiger partial charge < -0.3 is 4.90 Å². The first-order valence-electron chi connectivity index (χ1n) is 5.57. The second kappa shape index (κ2) is 4.91. The maximum atomic E-state index is 4.32. The molecule has 17 heavy (non-hydrogen) atoms. The molecule has 88 valence electrons. The van der Waals surface area contributed by atoms with Crippen molar-refractivity contribution in [3.05, 3.63) is 47.7 Å². The van der Waals surface area contributed by atoms with Crippen LogP contribution in [0, 0.1) is 13.8 Å². The Hall–Kier alpha value is -1.97. The van der Waals surface area contributed by atoms with Crippen molar-refractivity contribution in [2.24, 2.45) is 0 Å². The summed E-state index contributed by atoms with van der Waals surface area (Å²) in [7, 11) is 2.02. The average Bonchev–Trinajstić information content (AvgIpc) is 2.34. The van der Waals surface area contributed by atoms with Crippen LogP contribution in [-0.4, -0.2) is 22.0 Å². The molecular weight excluding hydrogens is 212 g/mol. The maximum Gasteiger partial charge on any atom is 0.135 e. The van der Waals surface area contributed by atoms with Crippen molar-refractivity contribution in [2.45, 2.75) is 20.4 Å². The van der Waals surface area contributed by atoms with Gasteiger partial charge in [-0.25, -0.2) is 9.97 Å². The minimum absolute atomic E-state index is 0.748. The van der Waals surface area contributed by atoms with Gasteiger partial charge in [0, 0.05) is 24.5 Å². The molecule has 0 aromatic carbocycles. The lowest BCUT2D eigenvalue weighted by Crippen LogP contribution is -2.20. The first-order valence-corrected chi connectivity index (χ1v) is 5.57. The highest BCUT2D eigenvalue weighted by atomic mass is 15.2. The van der Waals surface area contributed by atoms with Crippen molar-refractivity contribution in [3.8, 4) is 0 Å². The van der Waals surface area contributed by atoms with Crippen molar-refractivity contribution in [1.82, 2.24) is 15.0 Å². The Balaban J connectivity index is 2.20. The van der Waals surface area contributed by atoms with Crippen LogP contribution in [-0.2, 0) is 6.54 Å². The zero-order valence-corrected chi connectivity index (χ0v) is 10.4. The normalized spacial score (nSPS) is 10.3. The Kier molecular flexibility index (Phi) is 3.32. The molecule has 0 fully saturated rings. The second-order valence-corrected chi connectivity index (χ2v) is 4.08. The molecule has 0 unspecified atom stereocenters. The Labute approximate surface area is 101 Å². The molecule has 0 saturated heterocycles. The molecule has 0 N–H and O–H groups in total. The van der Waals surface area contributed by atoms with E-state index in [9.17, 15) is 0 Å². The standard InChI is InChI=1S/C13H16N4/c1-10-11(2)15-9-16-13(10)17(3)8-12-6-4-5-7-14-12/h4-7,9H,8H2,1-3H3. The van der Waals surface area contributed by atoms with Crippen LogP contribution in [0.15, 0.2) is 30.7 Å². The first kappa shape index (κ1) is 11.5. The third kappa shape index (κ3) is 2.58. The fourth-order valence-corrected chi connectivity index (χ4v) is 1.72. The summed E-state index contributed by atoms with van der Waals surface area (Å²) in [6, 6.07) is 5.93. The number of rotatable bonds is 3. The molecule has 0 aliphatic rings. The largest absolute Gasteiger partial charge is 0.353 e. The van der Waals surface area contributed by atoms with Crippen LogP contribution in [0.1, 0.15) is 17.0 Å². The summed E-state index contributed by atoms with van der Waals surface area (Å²) >= 11 is 0. The SMILES string of the molecule is Cc1ncnc(N(C)Cc2ccccn2)c1C. The van der Waals surface area contributed by atoms with Crippen molar-refractivity contribution < 1.29 is 0 Å². The predicted octanol–water partition coefficient (Wildman–Crippen LogP) is 2.12. The monoisotopic (exact) mass is 228 g/mol. The van der Waals surface area contributed by atoms with Gasteiger partial charge in [0.1, 0.15) is 12.1 Å². The Bertz CT molecular complexity index is 496. The number of pyridine rings is 1. The summed E-state index contributed by atoms with van der Waals surface area (Å²) in [5, 5.41) is 0. The highest BCUT2D eigenvalue weighted by molar-refractivity contribution is 5.46. The molecule has 0 spiro atoms. The second-order valence-electron chi connectivity index (χ2n) is 4.08. The van der Waals surface area contributed by atoms with Gasteiger partial charge in [-0.2, -0.15) is 0 Å². The van der Waals surface area contributed by atoms with E-state index >= 15 is 0 Å². The molecule has 2 aromatic heterocycles. The third-order valence-corrected chi connectivity index (χ3v) is 2.80. The number of anilines is 1.